The molecule has 114 valence electrons. The van der Waals surface area contributed by atoms with Gasteiger partial charge in [-0.05, 0) is 13.0 Å². The molecule has 1 atom stereocenters. The van der Waals surface area contributed by atoms with Gasteiger partial charge in [-0.15, -0.1) is 0 Å². The van der Waals surface area contributed by atoms with Gasteiger partial charge in [0.25, 0.3) is 0 Å². The van der Waals surface area contributed by atoms with Gasteiger partial charge in [-0.3, -0.25) is 4.90 Å². The van der Waals surface area contributed by atoms with Crippen LogP contribution in [0.2, 0.25) is 5.02 Å². The fourth-order valence-electron chi connectivity index (χ4n) is 2.11. The minimum atomic E-state index is -1.65. The van der Waals surface area contributed by atoms with Crippen LogP contribution in [0.15, 0.2) is 12.1 Å². The number of carboxylic acid groups (broad SMARTS) is 2. The molecule has 0 aromatic heterocycles. The molecular formula is C13H15ClN2O5. The Hall–Kier alpha value is -2.15. The van der Waals surface area contributed by atoms with Gasteiger partial charge in [-0.2, -0.15) is 0 Å². The maximum absolute atomic E-state index is 11.4. The van der Waals surface area contributed by atoms with Crippen molar-refractivity contribution in [1.82, 2.24) is 0 Å². The first-order chi connectivity index (χ1) is 9.65. The molecule has 1 heterocycles. The molecule has 0 saturated carbocycles. The van der Waals surface area contributed by atoms with Crippen molar-refractivity contribution in [2.75, 3.05) is 30.4 Å². The Bertz CT molecular complexity index is 619. The minimum Gasteiger partial charge on any atom is -0.478 e. The van der Waals surface area contributed by atoms with E-state index in [4.69, 9.17) is 16.3 Å². The molecule has 1 aliphatic rings. The summed E-state index contributed by atoms with van der Waals surface area (Å²) in [5, 5.41) is 18.9. The van der Waals surface area contributed by atoms with Crippen LogP contribution in [0.4, 0.5) is 16.2 Å². The molecule has 0 spiro atoms. The monoisotopic (exact) mass is 314 g/mol. The van der Waals surface area contributed by atoms with Crippen molar-refractivity contribution < 1.29 is 24.5 Å². The smallest absolute Gasteiger partial charge is 0.412 e. The van der Waals surface area contributed by atoms with E-state index >= 15 is 0 Å². The molecule has 0 radical (unpaired) electrons. The molecule has 1 aromatic carbocycles. The van der Waals surface area contributed by atoms with Gasteiger partial charge in [-0.1, -0.05) is 11.6 Å². The molecule has 21 heavy (non-hydrogen) atoms. The van der Waals surface area contributed by atoms with Crippen molar-refractivity contribution in [3.05, 3.63) is 17.2 Å². The van der Waals surface area contributed by atoms with Gasteiger partial charge in [0.1, 0.15) is 5.75 Å². The summed E-state index contributed by atoms with van der Waals surface area (Å²) in [7, 11) is 3.53. The second kappa shape index (κ2) is 5.00. The quantitative estimate of drug-likeness (QED) is 0.869. The van der Waals surface area contributed by atoms with Crippen molar-refractivity contribution in [3.63, 3.8) is 0 Å². The lowest BCUT2D eigenvalue weighted by Crippen LogP contribution is -2.55. The van der Waals surface area contributed by atoms with Crippen LogP contribution in [0.25, 0.3) is 0 Å². The molecule has 1 amide bonds. The fraction of sp³-hybridized carbons (Fsp3) is 0.385. The zero-order chi connectivity index (χ0) is 15.9. The van der Waals surface area contributed by atoms with E-state index in [1.54, 1.807) is 19.0 Å². The van der Waals surface area contributed by atoms with Crippen molar-refractivity contribution in [2.24, 2.45) is 0 Å². The number of aliphatic carboxylic acids is 1. The van der Waals surface area contributed by atoms with Crippen LogP contribution in [0.1, 0.15) is 6.92 Å². The molecule has 2 N–H and O–H groups in total. The van der Waals surface area contributed by atoms with E-state index in [0.717, 1.165) is 4.90 Å². The Morgan fingerprint density at radius 3 is 2.48 bits per heavy atom. The second-order valence-electron chi connectivity index (χ2n) is 5.17. The van der Waals surface area contributed by atoms with Crippen LogP contribution < -0.4 is 14.5 Å². The molecule has 1 unspecified atom stereocenters. The standard InChI is InChI=1S/C13H15ClN2O5/c1-13(11(17)18)6-16(12(19)20)9-4-7(14)8(15(2)3)5-10(9)21-13/h4-5H,6H2,1-3H3,(H,17,18)(H,19,20). The van der Waals surface area contributed by atoms with Gasteiger partial charge in [0.2, 0.25) is 5.60 Å². The third kappa shape index (κ3) is 2.56. The lowest BCUT2D eigenvalue weighted by Gasteiger charge is -2.38. The summed E-state index contributed by atoms with van der Waals surface area (Å²) >= 11 is 6.13. The Morgan fingerprint density at radius 2 is 2.00 bits per heavy atom. The van der Waals surface area contributed by atoms with Gasteiger partial charge in [0, 0.05) is 20.2 Å². The van der Waals surface area contributed by atoms with Crippen LogP contribution in [-0.4, -0.2) is 48.5 Å². The number of carbonyl (C=O) groups is 2. The summed E-state index contributed by atoms with van der Waals surface area (Å²) in [5.74, 6) is -1.07. The van der Waals surface area contributed by atoms with Crippen LogP contribution in [0.5, 0.6) is 5.75 Å². The molecule has 1 aromatic rings. The molecule has 2 rings (SSSR count). The van der Waals surface area contributed by atoms with Gasteiger partial charge in [0.15, 0.2) is 0 Å². The van der Waals surface area contributed by atoms with E-state index in [1.807, 2.05) is 0 Å². The zero-order valence-electron chi connectivity index (χ0n) is 11.8. The second-order valence-corrected chi connectivity index (χ2v) is 5.58. The number of rotatable bonds is 2. The third-order valence-electron chi connectivity index (χ3n) is 3.28. The largest absolute Gasteiger partial charge is 0.478 e. The number of anilines is 2. The zero-order valence-corrected chi connectivity index (χ0v) is 12.5. The van der Waals surface area contributed by atoms with Gasteiger partial charge in [0.05, 0.1) is 22.9 Å². The summed E-state index contributed by atoms with van der Waals surface area (Å²) in [5.41, 5.74) is -0.810. The molecule has 8 heteroatoms. The predicted molar refractivity (Wildman–Crippen MR) is 77.8 cm³/mol. The lowest BCUT2D eigenvalue weighted by molar-refractivity contribution is -0.153. The highest BCUT2D eigenvalue weighted by Gasteiger charge is 2.44. The number of nitrogens with zero attached hydrogens (tertiary/aromatic N) is 2. The van der Waals surface area contributed by atoms with E-state index < -0.39 is 17.7 Å². The highest BCUT2D eigenvalue weighted by molar-refractivity contribution is 6.33. The topological polar surface area (TPSA) is 90.3 Å². The van der Waals surface area contributed by atoms with Crippen molar-refractivity contribution >= 4 is 35.0 Å². The lowest BCUT2D eigenvalue weighted by atomic mass is 10.0. The summed E-state index contributed by atoms with van der Waals surface area (Å²) in [6, 6.07) is 3.00. The van der Waals surface area contributed by atoms with Crippen molar-refractivity contribution in [1.29, 1.82) is 0 Å². The van der Waals surface area contributed by atoms with Crippen LogP contribution >= 0.6 is 11.6 Å². The maximum Gasteiger partial charge on any atom is 0.412 e. The average Bonchev–Trinajstić information content (AvgIpc) is 2.37. The fourth-order valence-corrected chi connectivity index (χ4v) is 2.44. The Kier molecular flexibility index (Phi) is 3.63. The summed E-state index contributed by atoms with van der Waals surface area (Å²) < 4.78 is 5.52. The minimum absolute atomic E-state index is 0.168. The Balaban J connectivity index is 2.61. The van der Waals surface area contributed by atoms with E-state index in [-0.39, 0.29) is 18.0 Å². The number of fused-ring (bicyclic) bond motifs is 1. The number of halogens is 1. The number of ether oxygens (including phenoxy) is 1. The SMILES string of the molecule is CN(C)c1cc2c(cc1Cl)N(C(=O)O)CC(C)(C(=O)O)O2. The average molecular weight is 315 g/mol. The number of hydrogen-bond donors (Lipinski definition) is 2. The van der Waals surface area contributed by atoms with Crippen LogP contribution in [0, 0.1) is 0 Å². The van der Waals surface area contributed by atoms with Crippen LogP contribution in [-0.2, 0) is 4.79 Å². The molecular weight excluding hydrogens is 300 g/mol. The number of amides is 1. The molecule has 0 saturated heterocycles. The van der Waals surface area contributed by atoms with Gasteiger partial charge in [-0.25, -0.2) is 9.59 Å². The van der Waals surface area contributed by atoms with Crippen molar-refractivity contribution in [3.8, 4) is 5.75 Å². The Labute approximate surface area is 126 Å². The van der Waals surface area contributed by atoms with Crippen LogP contribution in [0.3, 0.4) is 0 Å². The number of benzene rings is 1. The first kappa shape index (κ1) is 15.2. The molecule has 0 fully saturated rings. The van der Waals surface area contributed by atoms with E-state index in [9.17, 15) is 19.8 Å². The molecule has 7 nitrogen and oxygen atoms in total. The maximum atomic E-state index is 11.4. The summed E-state index contributed by atoms with van der Waals surface area (Å²) in [4.78, 5) is 25.4. The summed E-state index contributed by atoms with van der Waals surface area (Å²) in [6.07, 6.45) is -1.26. The van der Waals surface area contributed by atoms with Gasteiger partial charge >= 0.3 is 12.1 Å². The Morgan fingerprint density at radius 1 is 1.38 bits per heavy atom. The third-order valence-corrected chi connectivity index (χ3v) is 3.58. The highest BCUT2D eigenvalue weighted by atomic mass is 35.5. The van der Waals surface area contributed by atoms with Crippen molar-refractivity contribution in [2.45, 2.75) is 12.5 Å². The van der Waals surface area contributed by atoms with E-state index in [2.05, 4.69) is 0 Å². The number of carboxylic acids is 1. The highest BCUT2D eigenvalue weighted by Crippen LogP contribution is 2.43. The first-order valence-electron chi connectivity index (χ1n) is 6.09. The van der Waals surface area contributed by atoms with E-state index in [0.29, 0.717) is 10.7 Å². The molecule has 0 aliphatic carbocycles. The summed E-state index contributed by atoms with van der Waals surface area (Å²) in [6.45, 7) is 1.01. The first-order valence-corrected chi connectivity index (χ1v) is 6.47. The van der Waals surface area contributed by atoms with E-state index in [1.165, 1.54) is 19.1 Å². The molecule has 1 aliphatic heterocycles. The number of hydrogen-bond acceptors (Lipinski definition) is 4. The predicted octanol–water partition coefficient (Wildman–Crippen LogP) is 2.13. The van der Waals surface area contributed by atoms with Gasteiger partial charge < -0.3 is 19.8 Å². The normalized spacial score (nSPS) is 20.5. The molecule has 0 bridgehead atoms.